The first-order valence-electron chi connectivity index (χ1n) is 7.83. The number of carbonyl (C=O) groups excluding carboxylic acids is 1. The molecule has 2 N–H and O–H groups in total. The molecule has 0 aliphatic carbocycles. The second-order valence-electron chi connectivity index (χ2n) is 5.49. The number of aromatic nitrogens is 1. The lowest BCUT2D eigenvalue weighted by Crippen LogP contribution is -2.35. The van der Waals surface area contributed by atoms with E-state index in [1.165, 1.54) is 6.08 Å². The Balaban J connectivity index is 2.59. The minimum absolute atomic E-state index is 0.0861. The molecule has 0 amide bonds. The van der Waals surface area contributed by atoms with Gasteiger partial charge in [0.05, 0.1) is 0 Å². The number of halogens is 1. The molecule has 0 aliphatic heterocycles. The zero-order chi connectivity index (χ0) is 17.9. The highest BCUT2D eigenvalue weighted by molar-refractivity contribution is 6.31. The summed E-state index contributed by atoms with van der Waals surface area (Å²) in [6, 6.07) is 1.96. The van der Waals surface area contributed by atoms with Crippen molar-refractivity contribution in [2.24, 2.45) is 4.99 Å². The average molecular weight is 358 g/mol. The van der Waals surface area contributed by atoms with Crippen LogP contribution >= 0.6 is 11.6 Å². The number of nitrogens with zero attached hydrogens (tertiary/aromatic N) is 2. The van der Waals surface area contributed by atoms with Gasteiger partial charge in [-0.1, -0.05) is 25.4 Å². The summed E-state index contributed by atoms with van der Waals surface area (Å²) < 4.78 is 10.7. The molecular weight excluding hydrogens is 334 g/mol. The third kappa shape index (κ3) is 7.86. The van der Waals surface area contributed by atoms with Crippen LogP contribution in [-0.4, -0.2) is 54.3 Å². The number of isocyanates is 1. The van der Waals surface area contributed by atoms with Gasteiger partial charge in [0.2, 0.25) is 12.0 Å². The number of rotatable bonds is 11. The Morgan fingerprint density at radius 3 is 2.83 bits per heavy atom. The van der Waals surface area contributed by atoms with Crippen LogP contribution in [0.1, 0.15) is 26.3 Å². The van der Waals surface area contributed by atoms with Gasteiger partial charge in [-0.05, 0) is 18.6 Å². The van der Waals surface area contributed by atoms with E-state index in [0.717, 1.165) is 5.56 Å². The van der Waals surface area contributed by atoms with Gasteiger partial charge in [-0.25, -0.2) is 9.78 Å². The molecule has 1 heterocycles. The highest BCUT2D eigenvalue weighted by atomic mass is 35.5. The van der Waals surface area contributed by atoms with Crippen LogP contribution in [0, 0.1) is 0 Å². The molecular formula is C16H24ClN3O4. The third-order valence-electron chi connectivity index (χ3n) is 3.00. The van der Waals surface area contributed by atoms with Crippen LogP contribution in [0.15, 0.2) is 17.3 Å². The van der Waals surface area contributed by atoms with Gasteiger partial charge in [-0.15, -0.1) is 0 Å². The summed E-state index contributed by atoms with van der Waals surface area (Å²) in [4.78, 5) is 18.1. The first-order chi connectivity index (χ1) is 11.5. The molecule has 0 saturated heterocycles. The monoisotopic (exact) mass is 357 g/mol. The van der Waals surface area contributed by atoms with Crippen LogP contribution in [0.25, 0.3) is 0 Å². The van der Waals surface area contributed by atoms with Crippen molar-refractivity contribution in [1.82, 2.24) is 10.3 Å². The van der Waals surface area contributed by atoms with E-state index in [1.54, 1.807) is 12.3 Å². The molecule has 1 aromatic rings. The highest BCUT2D eigenvalue weighted by Crippen LogP contribution is 2.23. The molecule has 8 heteroatoms. The maximum Gasteiger partial charge on any atom is 0.237 e. The standard InChI is InChI=1S/C16H24ClN3O4/c1-4-23-15(20-10-21)6-12-5-14(17)16(19-7-12)24-9-13(22)8-18-11(2)3/h5,7,11,13,15,18,22H,4,6,8-9H2,1-3H3. The molecule has 0 aliphatic rings. The molecule has 0 spiro atoms. The van der Waals surface area contributed by atoms with E-state index in [9.17, 15) is 9.90 Å². The summed E-state index contributed by atoms with van der Waals surface area (Å²) in [6.45, 7) is 6.75. The second-order valence-corrected chi connectivity index (χ2v) is 5.90. The van der Waals surface area contributed by atoms with E-state index in [0.29, 0.717) is 24.6 Å². The van der Waals surface area contributed by atoms with Crippen LogP contribution in [0.2, 0.25) is 5.02 Å². The van der Waals surface area contributed by atoms with Gasteiger partial charge in [0.1, 0.15) is 17.7 Å². The van der Waals surface area contributed by atoms with Gasteiger partial charge in [0.15, 0.2) is 6.23 Å². The van der Waals surface area contributed by atoms with Gasteiger partial charge >= 0.3 is 0 Å². The number of ether oxygens (including phenoxy) is 2. The minimum atomic E-state index is -0.658. The van der Waals surface area contributed by atoms with Gasteiger partial charge in [-0.3, -0.25) is 0 Å². The highest BCUT2D eigenvalue weighted by Gasteiger charge is 2.12. The number of nitrogens with one attached hydrogen (secondary N) is 1. The number of aliphatic imine (C=N–C) groups is 1. The van der Waals surface area contributed by atoms with Gasteiger partial charge in [0.25, 0.3) is 0 Å². The molecule has 2 atom stereocenters. The van der Waals surface area contributed by atoms with Crippen LogP contribution < -0.4 is 10.1 Å². The molecule has 2 unspecified atom stereocenters. The minimum Gasteiger partial charge on any atom is -0.474 e. The second kappa shape index (κ2) is 11.1. The molecule has 1 rings (SSSR count). The van der Waals surface area contributed by atoms with Crippen molar-refractivity contribution in [3.8, 4) is 5.88 Å². The fraction of sp³-hybridized carbons (Fsp3) is 0.625. The Labute approximate surface area is 147 Å². The van der Waals surface area contributed by atoms with Crippen molar-refractivity contribution < 1.29 is 19.4 Å². The lowest BCUT2D eigenvalue weighted by atomic mass is 10.2. The molecule has 7 nitrogen and oxygen atoms in total. The van der Waals surface area contributed by atoms with Crippen molar-refractivity contribution in [1.29, 1.82) is 0 Å². The SMILES string of the molecule is CCOC(Cc1cnc(OCC(O)CNC(C)C)c(Cl)c1)N=C=O. The van der Waals surface area contributed by atoms with E-state index in [4.69, 9.17) is 21.1 Å². The number of hydrogen-bond donors (Lipinski definition) is 2. The van der Waals surface area contributed by atoms with Gasteiger partial charge < -0.3 is 19.9 Å². The van der Waals surface area contributed by atoms with Crippen LogP contribution in [0.5, 0.6) is 5.88 Å². The maximum atomic E-state index is 10.4. The number of hydrogen-bond acceptors (Lipinski definition) is 7. The maximum absolute atomic E-state index is 10.4. The topological polar surface area (TPSA) is 93.0 Å². The van der Waals surface area contributed by atoms with Crippen LogP contribution in [0.4, 0.5) is 0 Å². The largest absolute Gasteiger partial charge is 0.474 e. The average Bonchev–Trinajstić information content (AvgIpc) is 2.52. The Morgan fingerprint density at radius 2 is 2.25 bits per heavy atom. The molecule has 0 aromatic carbocycles. The normalized spacial score (nSPS) is 13.4. The van der Waals surface area contributed by atoms with Crippen molar-refractivity contribution in [2.75, 3.05) is 19.8 Å². The van der Waals surface area contributed by atoms with Crippen LogP contribution in [-0.2, 0) is 16.0 Å². The Kier molecular flexibility index (Phi) is 9.52. The number of pyridine rings is 1. The van der Waals surface area contributed by atoms with Crippen molar-refractivity contribution >= 4 is 17.7 Å². The molecule has 0 bridgehead atoms. The Bertz CT molecular complexity index is 550. The fourth-order valence-corrected chi connectivity index (χ4v) is 2.13. The van der Waals surface area contributed by atoms with E-state index in [2.05, 4.69) is 15.3 Å². The number of aliphatic hydroxyl groups excluding tert-OH is 1. The van der Waals surface area contributed by atoms with Crippen molar-refractivity contribution in [2.45, 2.75) is 45.6 Å². The van der Waals surface area contributed by atoms with Gasteiger partial charge in [-0.2, -0.15) is 4.99 Å². The zero-order valence-electron chi connectivity index (χ0n) is 14.2. The lowest BCUT2D eigenvalue weighted by Gasteiger charge is -2.15. The fourth-order valence-electron chi connectivity index (χ4n) is 1.88. The Hall–Kier alpha value is -1.50. The third-order valence-corrected chi connectivity index (χ3v) is 3.28. The van der Waals surface area contributed by atoms with Crippen molar-refractivity contribution in [3.63, 3.8) is 0 Å². The summed E-state index contributed by atoms with van der Waals surface area (Å²) in [5, 5.41) is 13.3. The smallest absolute Gasteiger partial charge is 0.237 e. The summed E-state index contributed by atoms with van der Waals surface area (Å²) in [7, 11) is 0. The van der Waals surface area contributed by atoms with E-state index >= 15 is 0 Å². The zero-order valence-corrected chi connectivity index (χ0v) is 14.9. The Morgan fingerprint density at radius 1 is 1.50 bits per heavy atom. The predicted octanol–water partition coefficient (Wildman–Crippen LogP) is 1.71. The molecule has 134 valence electrons. The first kappa shape index (κ1) is 20.5. The quantitative estimate of drug-likeness (QED) is 0.462. The molecule has 1 aromatic heterocycles. The number of aliphatic hydroxyl groups is 1. The molecule has 0 radical (unpaired) electrons. The van der Waals surface area contributed by atoms with Gasteiger partial charge in [0, 0.05) is 31.8 Å². The summed E-state index contributed by atoms with van der Waals surface area (Å²) in [5.41, 5.74) is 0.756. The summed E-state index contributed by atoms with van der Waals surface area (Å²) in [6.07, 6.45) is 2.16. The van der Waals surface area contributed by atoms with E-state index in [-0.39, 0.29) is 18.5 Å². The molecule has 0 fully saturated rings. The molecule has 0 saturated carbocycles. The van der Waals surface area contributed by atoms with E-state index in [1.807, 2.05) is 20.8 Å². The van der Waals surface area contributed by atoms with E-state index < -0.39 is 12.3 Å². The van der Waals surface area contributed by atoms with Crippen molar-refractivity contribution in [3.05, 3.63) is 22.8 Å². The first-order valence-corrected chi connectivity index (χ1v) is 8.21. The predicted molar refractivity (Wildman–Crippen MR) is 91.1 cm³/mol. The lowest BCUT2D eigenvalue weighted by molar-refractivity contribution is 0.0698. The summed E-state index contributed by atoms with van der Waals surface area (Å²) in [5.74, 6) is 0.246. The van der Waals surface area contributed by atoms with Crippen LogP contribution in [0.3, 0.4) is 0 Å². The summed E-state index contributed by atoms with van der Waals surface area (Å²) >= 11 is 6.14. The molecule has 24 heavy (non-hydrogen) atoms.